The van der Waals surface area contributed by atoms with E-state index >= 15 is 0 Å². The van der Waals surface area contributed by atoms with E-state index in [2.05, 4.69) is 10.3 Å². The summed E-state index contributed by atoms with van der Waals surface area (Å²) in [5.41, 5.74) is 3.58. The zero-order valence-electron chi connectivity index (χ0n) is 17.1. The summed E-state index contributed by atoms with van der Waals surface area (Å²) in [5.74, 6) is 1.17. The van der Waals surface area contributed by atoms with E-state index in [1.54, 1.807) is 18.5 Å². The Morgan fingerprint density at radius 3 is 2.34 bits per heavy atom. The minimum atomic E-state index is -0.212. The van der Waals surface area contributed by atoms with Gasteiger partial charge in [0.25, 0.3) is 5.91 Å². The summed E-state index contributed by atoms with van der Waals surface area (Å²) < 4.78 is 5.89. The van der Waals surface area contributed by atoms with Crippen molar-refractivity contribution < 1.29 is 9.53 Å². The van der Waals surface area contributed by atoms with Gasteiger partial charge in [0.1, 0.15) is 11.5 Å². The van der Waals surface area contributed by atoms with Crippen LogP contribution in [0.3, 0.4) is 0 Å². The van der Waals surface area contributed by atoms with E-state index < -0.39 is 0 Å². The number of ether oxygens (including phenoxy) is 1. The van der Waals surface area contributed by atoms with Crippen LogP contribution >= 0.6 is 0 Å². The van der Waals surface area contributed by atoms with Gasteiger partial charge < -0.3 is 10.1 Å². The summed E-state index contributed by atoms with van der Waals surface area (Å²) >= 11 is 0. The molecule has 32 heavy (non-hydrogen) atoms. The number of aromatic nitrogens is 2. The third kappa shape index (κ3) is 4.18. The van der Waals surface area contributed by atoms with Crippen LogP contribution in [-0.2, 0) is 0 Å². The van der Waals surface area contributed by atoms with Gasteiger partial charge in [0, 0.05) is 35.1 Å². The molecule has 0 radical (unpaired) electrons. The highest BCUT2D eigenvalue weighted by molar-refractivity contribution is 6.13. The summed E-state index contributed by atoms with van der Waals surface area (Å²) in [6, 6.07) is 30.1. The van der Waals surface area contributed by atoms with E-state index in [1.807, 2.05) is 91.0 Å². The topological polar surface area (TPSA) is 64.1 Å². The van der Waals surface area contributed by atoms with Gasteiger partial charge in [-0.2, -0.15) is 0 Å². The van der Waals surface area contributed by atoms with Crippen molar-refractivity contribution >= 4 is 22.5 Å². The highest BCUT2D eigenvalue weighted by atomic mass is 16.5. The lowest BCUT2D eigenvalue weighted by molar-refractivity contribution is 0.102. The van der Waals surface area contributed by atoms with E-state index in [4.69, 9.17) is 9.72 Å². The maximum atomic E-state index is 13.3. The van der Waals surface area contributed by atoms with E-state index in [1.165, 1.54) is 0 Å². The first-order valence-corrected chi connectivity index (χ1v) is 10.2. The van der Waals surface area contributed by atoms with Crippen LogP contribution in [0.1, 0.15) is 10.4 Å². The second-order valence-corrected chi connectivity index (χ2v) is 7.21. The van der Waals surface area contributed by atoms with E-state index in [0.29, 0.717) is 17.0 Å². The van der Waals surface area contributed by atoms with Crippen LogP contribution in [0.4, 0.5) is 5.69 Å². The number of nitrogens with one attached hydrogen (secondary N) is 1. The third-order valence-corrected chi connectivity index (χ3v) is 5.01. The fourth-order valence-electron chi connectivity index (χ4n) is 3.49. The molecule has 5 aromatic rings. The average molecular weight is 417 g/mol. The van der Waals surface area contributed by atoms with Crippen molar-refractivity contribution in [3.05, 3.63) is 115 Å². The number of benzene rings is 3. The maximum Gasteiger partial charge on any atom is 0.256 e. The van der Waals surface area contributed by atoms with Crippen LogP contribution in [0.25, 0.3) is 22.2 Å². The van der Waals surface area contributed by atoms with Crippen molar-refractivity contribution in [2.24, 2.45) is 0 Å². The maximum absolute atomic E-state index is 13.3. The van der Waals surface area contributed by atoms with Crippen molar-refractivity contribution in [3.8, 4) is 22.8 Å². The molecule has 2 aromatic heterocycles. The van der Waals surface area contributed by atoms with Crippen LogP contribution < -0.4 is 10.1 Å². The molecule has 0 saturated heterocycles. The Labute approximate surface area is 185 Å². The first-order valence-electron chi connectivity index (χ1n) is 10.2. The standard InChI is InChI=1S/C27H19N3O2/c31-27(29-20-7-6-10-22(17-20)32-21-8-2-1-3-9-21)24-18-26(19-13-15-28-16-14-19)30-25-12-5-4-11-23(24)25/h1-18H,(H,29,31). The fraction of sp³-hybridized carbons (Fsp3) is 0. The lowest BCUT2D eigenvalue weighted by atomic mass is 10.0. The van der Waals surface area contributed by atoms with Crippen LogP contribution in [0.5, 0.6) is 11.5 Å². The normalized spacial score (nSPS) is 10.6. The molecule has 0 saturated carbocycles. The Morgan fingerprint density at radius 2 is 1.50 bits per heavy atom. The number of hydrogen-bond donors (Lipinski definition) is 1. The van der Waals surface area contributed by atoms with E-state index in [-0.39, 0.29) is 5.91 Å². The summed E-state index contributed by atoms with van der Waals surface area (Å²) in [4.78, 5) is 22.1. The van der Waals surface area contributed by atoms with Crippen LogP contribution in [0, 0.1) is 0 Å². The van der Waals surface area contributed by atoms with Crippen molar-refractivity contribution in [1.82, 2.24) is 9.97 Å². The van der Waals surface area contributed by atoms with E-state index in [0.717, 1.165) is 27.9 Å². The van der Waals surface area contributed by atoms with Crippen molar-refractivity contribution in [1.29, 1.82) is 0 Å². The van der Waals surface area contributed by atoms with Crippen molar-refractivity contribution in [2.45, 2.75) is 0 Å². The van der Waals surface area contributed by atoms with Gasteiger partial charge in [-0.25, -0.2) is 4.98 Å². The molecule has 0 unspecified atom stereocenters. The zero-order chi connectivity index (χ0) is 21.8. The highest BCUT2D eigenvalue weighted by Gasteiger charge is 2.14. The highest BCUT2D eigenvalue weighted by Crippen LogP contribution is 2.27. The van der Waals surface area contributed by atoms with Crippen molar-refractivity contribution in [3.63, 3.8) is 0 Å². The number of amides is 1. The molecule has 0 aliphatic carbocycles. The molecule has 0 spiro atoms. The molecule has 154 valence electrons. The molecule has 0 bridgehead atoms. The molecule has 1 amide bonds. The number of carbonyl (C=O) groups is 1. The third-order valence-electron chi connectivity index (χ3n) is 5.01. The molecule has 0 atom stereocenters. The van der Waals surface area contributed by atoms with E-state index in [9.17, 15) is 4.79 Å². The van der Waals surface area contributed by atoms with Gasteiger partial charge in [-0.15, -0.1) is 0 Å². The largest absolute Gasteiger partial charge is 0.457 e. The van der Waals surface area contributed by atoms with Crippen molar-refractivity contribution in [2.75, 3.05) is 5.32 Å². The van der Waals surface area contributed by atoms with Gasteiger partial charge in [0.05, 0.1) is 16.8 Å². The lowest BCUT2D eigenvalue weighted by Crippen LogP contribution is -2.13. The number of fused-ring (bicyclic) bond motifs is 1. The Hall–Kier alpha value is -4.51. The molecule has 3 aromatic carbocycles. The average Bonchev–Trinajstić information content (AvgIpc) is 2.85. The molecular weight excluding hydrogens is 398 g/mol. The number of anilines is 1. The molecular formula is C27H19N3O2. The number of nitrogens with zero attached hydrogens (tertiary/aromatic N) is 2. The Balaban J connectivity index is 1.47. The Morgan fingerprint density at radius 1 is 0.750 bits per heavy atom. The summed E-state index contributed by atoms with van der Waals surface area (Å²) in [6.07, 6.45) is 3.42. The fourth-order valence-corrected chi connectivity index (χ4v) is 3.49. The molecule has 0 aliphatic rings. The molecule has 5 rings (SSSR count). The molecule has 1 N–H and O–H groups in total. The SMILES string of the molecule is O=C(Nc1cccc(Oc2ccccc2)c1)c1cc(-c2ccncc2)nc2ccccc12. The summed E-state index contributed by atoms with van der Waals surface area (Å²) in [5, 5.41) is 3.79. The molecule has 0 fully saturated rings. The lowest BCUT2D eigenvalue weighted by Gasteiger charge is -2.12. The second kappa shape index (κ2) is 8.70. The van der Waals surface area contributed by atoms with Crippen LogP contribution in [0.15, 0.2) is 109 Å². The van der Waals surface area contributed by atoms with Crippen LogP contribution in [0.2, 0.25) is 0 Å². The number of rotatable bonds is 5. The van der Waals surface area contributed by atoms with Gasteiger partial charge in [-0.05, 0) is 48.5 Å². The predicted octanol–water partition coefficient (Wildman–Crippen LogP) is 6.34. The smallest absolute Gasteiger partial charge is 0.256 e. The zero-order valence-corrected chi connectivity index (χ0v) is 17.1. The number of pyridine rings is 2. The first kappa shape index (κ1) is 19.5. The quantitative estimate of drug-likeness (QED) is 0.362. The molecule has 5 heteroatoms. The number of carbonyl (C=O) groups excluding carboxylic acids is 1. The second-order valence-electron chi connectivity index (χ2n) is 7.21. The van der Waals surface area contributed by atoms with Gasteiger partial charge in [-0.1, -0.05) is 42.5 Å². The Kier molecular flexibility index (Phi) is 5.29. The summed E-state index contributed by atoms with van der Waals surface area (Å²) in [7, 11) is 0. The predicted molar refractivity (Wildman–Crippen MR) is 126 cm³/mol. The monoisotopic (exact) mass is 417 g/mol. The minimum absolute atomic E-state index is 0.212. The van der Waals surface area contributed by atoms with Gasteiger partial charge in [0.15, 0.2) is 0 Å². The van der Waals surface area contributed by atoms with Gasteiger partial charge >= 0.3 is 0 Å². The van der Waals surface area contributed by atoms with Crippen LogP contribution in [-0.4, -0.2) is 15.9 Å². The number of hydrogen-bond acceptors (Lipinski definition) is 4. The first-order chi connectivity index (χ1) is 15.8. The summed E-state index contributed by atoms with van der Waals surface area (Å²) in [6.45, 7) is 0. The van der Waals surface area contributed by atoms with Gasteiger partial charge in [0.2, 0.25) is 0 Å². The minimum Gasteiger partial charge on any atom is -0.457 e. The molecule has 5 nitrogen and oxygen atoms in total. The molecule has 0 aliphatic heterocycles. The molecule has 2 heterocycles. The number of para-hydroxylation sites is 2. The van der Waals surface area contributed by atoms with Gasteiger partial charge in [-0.3, -0.25) is 9.78 Å². The Bertz CT molecular complexity index is 1390.